The van der Waals surface area contributed by atoms with E-state index in [1.54, 1.807) is 0 Å². The summed E-state index contributed by atoms with van der Waals surface area (Å²) >= 11 is 0. The normalized spacial score (nSPS) is 12.7. The van der Waals surface area contributed by atoms with Crippen LogP contribution in [0.2, 0.25) is 0 Å². The highest BCUT2D eigenvalue weighted by molar-refractivity contribution is 5.79. The van der Waals surface area contributed by atoms with Crippen LogP contribution in [0, 0.1) is 5.92 Å². The van der Waals surface area contributed by atoms with Crippen LogP contribution >= 0.6 is 0 Å². The fraction of sp³-hybridized carbons (Fsp3) is 0.632. The van der Waals surface area contributed by atoms with E-state index in [1.807, 2.05) is 18.2 Å². The Balaban J connectivity index is 2.29. The largest absolute Gasteiger partial charge is 0.396 e. The Morgan fingerprint density at radius 1 is 1.08 bits per heavy atom. The molecule has 0 saturated heterocycles. The molecule has 0 fully saturated rings. The number of aliphatic hydroxyl groups excluding tert-OH is 1. The summed E-state index contributed by atoms with van der Waals surface area (Å²) in [7, 11) is 0. The topological polar surface area (TPSA) is 68.7 Å². The lowest BCUT2D eigenvalue weighted by atomic mass is 10.0. The third-order valence-electron chi connectivity index (χ3n) is 3.84. The molecule has 1 atom stereocenters. The lowest BCUT2D eigenvalue weighted by molar-refractivity contribution is 0.253. The maximum Gasteiger partial charge on any atom is 0.191 e. The van der Waals surface area contributed by atoms with Crippen LogP contribution in [0.3, 0.4) is 0 Å². The van der Waals surface area contributed by atoms with E-state index in [0.29, 0.717) is 5.92 Å². The summed E-state index contributed by atoms with van der Waals surface area (Å²) in [6.45, 7) is 7.93. The summed E-state index contributed by atoms with van der Waals surface area (Å²) < 4.78 is 0. The lowest BCUT2D eigenvalue weighted by Gasteiger charge is -2.15. The van der Waals surface area contributed by atoms with Crippen LogP contribution in [0.15, 0.2) is 35.3 Å². The Morgan fingerprint density at radius 2 is 1.88 bits per heavy atom. The lowest BCUT2D eigenvalue weighted by Crippen LogP contribution is -2.38. The van der Waals surface area contributed by atoms with Crippen molar-refractivity contribution in [2.75, 3.05) is 38.1 Å². The first-order valence-corrected chi connectivity index (χ1v) is 9.22. The quantitative estimate of drug-likeness (QED) is 0.270. The molecule has 5 nitrogen and oxygen atoms in total. The van der Waals surface area contributed by atoms with Crippen molar-refractivity contribution in [3.63, 3.8) is 0 Å². The molecule has 0 aliphatic rings. The minimum Gasteiger partial charge on any atom is -0.396 e. The minimum absolute atomic E-state index is 0.245. The Kier molecular flexibility index (Phi) is 11.6. The zero-order valence-corrected chi connectivity index (χ0v) is 15.2. The van der Waals surface area contributed by atoms with Crippen molar-refractivity contribution in [3.05, 3.63) is 30.3 Å². The van der Waals surface area contributed by atoms with E-state index < -0.39 is 0 Å². The molecular formula is C19H34N4O. The summed E-state index contributed by atoms with van der Waals surface area (Å²) in [6, 6.07) is 10.3. The Labute approximate surface area is 147 Å². The Bertz CT molecular complexity index is 430. The highest BCUT2D eigenvalue weighted by atomic mass is 16.3. The van der Waals surface area contributed by atoms with Gasteiger partial charge in [-0.25, -0.2) is 0 Å². The van der Waals surface area contributed by atoms with Gasteiger partial charge in [0.15, 0.2) is 5.96 Å². The van der Waals surface area contributed by atoms with Gasteiger partial charge in [-0.1, -0.05) is 31.5 Å². The Hall–Kier alpha value is -1.75. The molecular weight excluding hydrogens is 300 g/mol. The van der Waals surface area contributed by atoms with Gasteiger partial charge in [0.2, 0.25) is 0 Å². The molecule has 24 heavy (non-hydrogen) atoms. The second kappa shape index (κ2) is 13.7. The molecule has 1 rings (SSSR count). The standard InChI is InChI=1S/C19H34N4O/c1-3-9-17(12-15-24)16-23-19(20-4-2)22-14-8-13-21-18-10-6-5-7-11-18/h5-7,10-11,17,21,24H,3-4,8-9,12-16H2,1-2H3,(H2,20,22,23). The van der Waals surface area contributed by atoms with E-state index in [2.05, 4.69) is 46.9 Å². The average molecular weight is 335 g/mol. The maximum atomic E-state index is 9.14. The van der Waals surface area contributed by atoms with Gasteiger partial charge in [-0.15, -0.1) is 0 Å². The number of anilines is 1. The van der Waals surface area contributed by atoms with E-state index in [4.69, 9.17) is 5.11 Å². The van der Waals surface area contributed by atoms with Crippen molar-refractivity contribution < 1.29 is 5.11 Å². The number of nitrogens with zero attached hydrogens (tertiary/aromatic N) is 1. The summed E-state index contributed by atoms with van der Waals surface area (Å²) in [4.78, 5) is 4.67. The number of guanidine groups is 1. The van der Waals surface area contributed by atoms with E-state index in [-0.39, 0.29) is 6.61 Å². The number of benzene rings is 1. The highest BCUT2D eigenvalue weighted by Crippen LogP contribution is 2.11. The SMILES string of the molecule is CCCC(CCO)CN=C(NCC)NCCCNc1ccccc1. The molecule has 0 saturated carbocycles. The van der Waals surface area contributed by atoms with Crippen LogP contribution in [0.1, 0.15) is 39.5 Å². The van der Waals surface area contributed by atoms with Gasteiger partial charge in [0.05, 0.1) is 0 Å². The molecule has 4 N–H and O–H groups in total. The van der Waals surface area contributed by atoms with Crippen LogP contribution in [-0.4, -0.2) is 43.9 Å². The van der Waals surface area contributed by atoms with Gasteiger partial charge >= 0.3 is 0 Å². The van der Waals surface area contributed by atoms with E-state index in [9.17, 15) is 0 Å². The van der Waals surface area contributed by atoms with Gasteiger partial charge in [0.1, 0.15) is 0 Å². The first-order chi connectivity index (χ1) is 11.8. The number of nitrogens with one attached hydrogen (secondary N) is 3. The number of aliphatic hydroxyl groups is 1. The van der Waals surface area contributed by atoms with Crippen molar-refractivity contribution in [2.24, 2.45) is 10.9 Å². The van der Waals surface area contributed by atoms with Crippen molar-refractivity contribution in [3.8, 4) is 0 Å². The zero-order chi connectivity index (χ0) is 17.5. The molecule has 0 aliphatic carbocycles. The molecule has 0 spiro atoms. The second-order valence-corrected chi connectivity index (χ2v) is 5.96. The fourth-order valence-electron chi connectivity index (χ4n) is 2.56. The molecule has 1 unspecified atom stereocenters. The van der Waals surface area contributed by atoms with Gasteiger partial charge < -0.3 is 21.1 Å². The third-order valence-corrected chi connectivity index (χ3v) is 3.84. The summed E-state index contributed by atoms with van der Waals surface area (Å²) in [5.41, 5.74) is 1.16. The number of aliphatic imine (C=N–C) groups is 1. The van der Waals surface area contributed by atoms with E-state index >= 15 is 0 Å². The highest BCUT2D eigenvalue weighted by Gasteiger charge is 2.07. The van der Waals surface area contributed by atoms with Gasteiger partial charge in [0.25, 0.3) is 0 Å². The van der Waals surface area contributed by atoms with Crippen molar-refractivity contribution in [2.45, 2.75) is 39.5 Å². The molecule has 0 aromatic heterocycles. The zero-order valence-electron chi connectivity index (χ0n) is 15.2. The van der Waals surface area contributed by atoms with Crippen molar-refractivity contribution in [1.82, 2.24) is 10.6 Å². The minimum atomic E-state index is 0.245. The molecule has 0 radical (unpaired) electrons. The molecule has 0 aliphatic heterocycles. The maximum absolute atomic E-state index is 9.14. The average Bonchev–Trinajstić information content (AvgIpc) is 2.60. The monoisotopic (exact) mass is 334 g/mol. The number of rotatable bonds is 12. The van der Waals surface area contributed by atoms with Crippen LogP contribution in [0.4, 0.5) is 5.69 Å². The molecule has 0 amide bonds. The van der Waals surface area contributed by atoms with Crippen molar-refractivity contribution in [1.29, 1.82) is 0 Å². The summed E-state index contributed by atoms with van der Waals surface area (Å²) in [6.07, 6.45) is 4.10. The third kappa shape index (κ3) is 9.40. The smallest absolute Gasteiger partial charge is 0.191 e. The fourth-order valence-corrected chi connectivity index (χ4v) is 2.56. The first-order valence-electron chi connectivity index (χ1n) is 9.22. The molecule has 1 aromatic carbocycles. The van der Waals surface area contributed by atoms with E-state index in [0.717, 1.165) is 63.5 Å². The van der Waals surface area contributed by atoms with Gasteiger partial charge in [-0.05, 0) is 44.2 Å². The van der Waals surface area contributed by atoms with Crippen LogP contribution in [0.5, 0.6) is 0 Å². The molecule has 1 aromatic rings. The molecule has 5 heteroatoms. The van der Waals surface area contributed by atoms with Crippen LogP contribution in [0.25, 0.3) is 0 Å². The second-order valence-electron chi connectivity index (χ2n) is 5.96. The molecule has 0 bridgehead atoms. The number of hydrogen-bond donors (Lipinski definition) is 4. The summed E-state index contributed by atoms with van der Waals surface area (Å²) in [5.74, 6) is 1.34. The van der Waals surface area contributed by atoms with Gasteiger partial charge in [-0.2, -0.15) is 0 Å². The Morgan fingerprint density at radius 3 is 2.54 bits per heavy atom. The van der Waals surface area contributed by atoms with Gasteiger partial charge in [-0.3, -0.25) is 4.99 Å². The van der Waals surface area contributed by atoms with Gasteiger partial charge in [0, 0.05) is 38.5 Å². The van der Waals surface area contributed by atoms with E-state index in [1.165, 1.54) is 0 Å². The van der Waals surface area contributed by atoms with Crippen molar-refractivity contribution >= 4 is 11.6 Å². The predicted octanol–water partition coefficient (Wildman–Crippen LogP) is 2.84. The molecule has 0 heterocycles. The van der Waals surface area contributed by atoms with Crippen LogP contribution < -0.4 is 16.0 Å². The number of hydrogen-bond acceptors (Lipinski definition) is 3. The summed E-state index contributed by atoms with van der Waals surface area (Å²) in [5, 5.41) is 19.2. The molecule has 136 valence electrons. The number of para-hydroxylation sites is 1. The first kappa shape index (κ1) is 20.3. The van der Waals surface area contributed by atoms with Crippen LogP contribution in [-0.2, 0) is 0 Å². The predicted molar refractivity (Wildman–Crippen MR) is 104 cm³/mol.